The molecule has 4 rings (SSSR count). The second-order valence-corrected chi connectivity index (χ2v) is 6.52. The topological polar surface area (TPSA) is 89.5 Å². The number of hydrogen-bond acceptors (Lipinski definition) is 4. The van der Waals surface area contributed by atoms with Gasteiger partial charge in [-0.05, 0) is 12.5 Å². The Hall–Kier alpha value is -3.74. The van der Waals surface area contributed by atoms with Crippen molar-refractivity contribution < 1.29 is 9.90 Å². The number of rotatable bonds is 5. The molecule has 7 heteroatoms. The summed E-state index contributed by atoms with van der Waals surface area (Å²) in [6, 6.07) is 19.1. The molecule has 1 N–H and O–H groups in total. The van der Waals surface area contributed by atoms with Crippen LogP contribution in [0.4, 0.5) is 0 Å². The van der Waals surface area contributed by atoms with Gasteiger partial charge in [-0.3, -0.25) is 9.59 Å². The Kier molecular flexibility index (Phi) is 4.49. The first-order valence-electron chi connectivity index (χ1n) is 8.85. The van der Waals surface area contributed by atoms with Crippen LogP contribution in [-0.2, 0) is 17.8 Å². The predicted octanol–water partition coefficient (Wildman–Crippen LogP) is 2.54. The molecule has 0 fully saturated rings. The highest BCUT2D eigenvalue weighted by molar-refractivity contribution is 5.70. The summed E-state index contributed by atoms with van der Waals surface area (Å²) in [5.74, 6) is -0.250. The number of carboxylic acid groups (broad SMARTS) is 1. The van der Waals surface area contributed by atoms with Gasteiger partial charge in [0.1, 0.15) is 0 Å². The number of carboxylic acids is 1. The van der Waals surface area contributed by atoms with E-state index >= 15 is 0 Å². The van der Waals surface area contributed by atoms with E-state index in [0.717, 1.165) is 11.1 Å². The SMILES string of the molecule is Cc1c(CC(=O)O)c(=O)n2nc(-c3ccccc3)nc2n1Cc1ccccc1. The number of aromatic nitrogens is 4. The highest BCUT2D eigenvalue weighted by Crippen LogP contribution is 2.18. The lowest BCUT2D eigenvalue weighted by atomic mass is 10.1. The average Bonchev–Trinajstić information content (AvgIpc) is 3.15. The predicted molar refractivity (Wildman–Crippen MR) is 104 cm³/mol. The van der Waals surface area contributed by atoms with E-state index in [1.807, 2.05) is 65.2 Å². The van der Waals surface area contributed by atoms with Crippen molar-refractivity contribution in [3.05, 3.63) is 87.8 Å². The Bertz CT molecular complexity index is 1210. The summed E-state index contributed by atoms with van der Waals surface area (Å²) in [4.78, 5) is 28.8. The van der Waals surface area contributed by atoms with Crippen molar-refractivity contribution in [1.29, 1.82) is 0 Å². The first kappa shape index (κ1) is 17.7. The van der Waals surface area contributed by atoms with Crippen molar-refractivity contribution in [3.8, 4) is 11.4 Å². The number of benzene rings is 2. The fourth-order valence-corrected chi connectivity index (χ4v) is 3.23. The third kappa shape index (κ3) is 3.18. The molecule has 0 saturated heterocycles. The minimum absolute atomic E-state index is 0.209. The average molecular weight is 374 g/mol. The molecule has 0 radical (unpaired) electrons. The zero-order chi connectivity index (χ0) is 19.7. The van der Waals surface area contributed by atoms with E-state index < -0.39 is 11.5 Å². The summed E-state index contributed by atoms with van der Waals surface area (Å²) in [7, 11) is 0. The molecule has 0 saturated carbocycles. The first-order valence-corrected chi connectivity index (χ1v) is 8.85. The summed E-state index contributed by atoms with van der Waals surface area (Å²) in [5, 5.41) is 13.6. The minimum atomic E-state index is -1.06. The molecule has 28 heavy (non-hydrogen) atoms. The van der Waals surface area contributed by atoms with Crippen LogP contribution >= 0.6 is 0 Å². The van der Waals surface area contributed by atoms with Crippen LogP contribution in [0.5, 0.6) is 0 Å². The van der Waals surface area contributed by atoms with Crippen LogP contribution in [0, 0.1) is 6.92 Å². The van der Waals surface area contributed by atoms with E-state index in [0.29, 0.717) is 23.8 Å². The van der Waals surface area contributed by atoms with E-state index in [1.54, 1.807) is 6.92 Å². The molecule has 7 nitrogen and oxygen atoms in total. The molecule has 2 aromatic carbocycles. The van der Waals surface area contributed by atoms with Crippen molar-refractivity contribution in [2.24, 2.45) is 0 Å². The highest BCUT2D eigenvalue weighted by atomic mass is 16.4. The van der Waals surface area contributed by atoms with Gasteiger partial charge < -0.3 is 9.67 Å². The van der Waals surface area contributed by atoms with Crippen LogP contribution in [0.2, 0.25) is 0 Å². The van der Waals surface area contributed by atoms with Gasteiger partial charge >= 0.3 is 5.97 Å². The minimum Gasteiger partial charge on any atom is -0.481 e. The third-order valence-corrected chi connectivity index (χ3v) is 4.67. The maximum Gasteiger partial charge on any atom is 0.308 e. The van der Waals surface area contributed by atoms with Gasteiger partial charge in [0.15, 0.2) is 5.82 Å². The fourth-order valence-electron chi connectivity index (χ4n) is 3.23. The normalized spacial score (nSPS) is 11.0. The molecule has 4 aromatic rings. The van der Waals surface area contributed by atoms with Gasteiger partial charge in [-0.2, -0.15) is 9.50 Å². The van der Waals surface area contributed by atoms with Crippen molar-refractivity contribution >= 4 is 11.7 Å². The molecule has 0 unspecified atom stereocenters. The van der Waals surface area contributed by atoms with Gasteiger partial charge in [0.2, 0.25) is 5.78 Å². The Morgan fingerprint density at radius 1 is 1.04 bits per heavy atom. The summed E-state index contributed by atoms with van der Waals surface area (Å²) < 4.78 is 3.05. The largest absolute Gasteiger partial charge is 0.481 e. The van der Waals surface area contributed by atoms with Gasteiger partial charge in [0.25, 0.3) is 5.56 Å². The zero-order valence-electron chi connectivity index (χ0n) is 15.2. The molecule has 0 spiro atoms. The van der Waals surface area contributed by atoms with Gasteiger partial charge in [-0.1, -0.05) is 60.7 Å². The maximum atomic E-state index is 12.9. The Labute approximate surface area is 160 Å². The number of carbonyl (C=O) groups is 1. The molecular weight excluding hydrogens is 356 g/mol. The maximum absolute atomic E-state index is 12.9. The van der Waals surface area contributed by atoms with Crippen LogP contribution < -0.4 is 5.56 Å². The lowest BCUT2D eigenvalue weighted by molar-refractivity contribution is -0.136. The van der Waals surface area contributed by atoms with Crippen molar-refractivity contribution in [2.75, 3.05) is 0 Å². The molecular formula is C21H18N4O3. The summed E-state index contributed by atoms with van der Waals surface area (Å²) in [6.45, 7) is 2.20. The van der Waals surface area contributed by atoms with Crippen molar-refractivity contribution in [2.45, 2.75) is 19.9 Å². The van der Waals surface area contributed by atoms with Gasteiger partial charge in [0, 0.05) is 16.8 Å². The number of nitrogens with zero attached hydrogens (tertiary/aromatic N) is 4. The smallest absolute Gasteiger partial charge is 0.308 e. The van der Waals surface area contributed by atoms with E-state index in [4.69, 9.17) is 0 Å². The molecule has 2 heterocycles. The van der Waals surface area contributed by atoms with Gasteiger partial charge in [-0.25, -0.2) is 0 Å². The molecule has 0 atom stereocenters. The molecule has 140 valence electrons. The Morgan fingerprint density at radius 2 is 1.68 bits per heavy atom. The van der Waals surface area contributed by atoms with Crippen LogP contribution in [0.1, 0.15) is 16.8 Å². The number of aliphatic carboxylic acids is 1. The lowest BCUT2D eigenvalue weighted by Crippen LogP contribution is -2.28. The molecule has 0 amide bonds. The quantitative estimate of drug-likeness (QED) is 0.580. The van der Waals surface area contributed by atoms with E-state index in [9.17, 15) is 14.7 Å². The van der Waals surface area contributed by atoms with Crippen molar-refractivity contribution in [1.82, 2.24) is 19.2 Å². The van der Waals surface area contributed by atoms with Gasteiger partial charge in [0.05, 0.1) is 13.0 Å². The second kappa shape index (κ2) is 7.11. The molecule has 0 aliphatic heterocycles. The molecule has 0 aliphatic rings. The fraction of sp³-hybridized carbons (Fsp3) is 0.143. The van der Waals surface area contributed by atoms with Crippen LogP contribution in [0.3, 0.4) is 0 Å². The zero-order valence-corrected chi connectivity index (χ0v) is 15.2. The van der Waals surface area contributed by atoms with E-state index in [-0.39, 0.29) is 12.0 Å². The molecule has 2 aromatic heterocycles. The lowest BCUT2D eigenvalue weighted by Gasteiger charge is -2.14. The standard InChI is InChI=1S/C21H18N4O3/c1-14-17(12-18(26)27)20(28)25-21(24(14)13-15-8-4-2-5-9-15)22-19(23-25)16-10-6-3-7-11-16/h2-11H,12-13H2,1H3,(H,26,27). The van der Waals surface area contributed by atoms with Crippen molar-refractivity contribution in [3.63, 3.8) is 0 Å². The third-order valence-electron chi connectivity index (χ3n) is 4.67. The number of hydrogen-bond donors (Lipinski definition) is 1. The first-order chi connectivity index (χ1) is 13.5. The summed E-state index contributed by atoms with van der Waals surface area (Å²) in [5.41, 5.74) is 2.14. The van der Waals surface area contributed by atoms with Gasteiger partial charge in [-0.15, -0.1) is 5.10 Å². The van der Waals surface area contributed by atoms with E-state index in [2.05, 4.69) is 10.1 Å². The van der Waals surface area contributed by atoms with E-state index in [1.165, 1.54) is 4.52 Å². The van der Waals surface area contributed by atoms with Crippen LogP contribution in [-0.4, -0.2) is 30.2 Å². The summed E-state index contributed by atoms with van der Waals surface area (Å²) in [6.07, 6.45) is -0.365. The van der Waals surface area contributed by atoms with Crippen LogP contribution in [0.25, 0.3) is 17.2 Å². The summed E-state index contributed by atoms with van der Waals surface area (Å²) >= 11 is 0. The Morgan fingerprint density at radius 3 is 2.32 bits per heavy atom. The molecule has 0 aliphatic carbocycles. The molecule has 0 bridgehead atoms. The number of fused-ring (bicyclic) bond motifs is 1. The van der Waals surface area contributed by atoms with Crippen LogP contribution in [0.15, 0.2) is 65.5 Å². The highest BCUT2D eigenvalue weighted by Gasteiger charge is 2.20. The second-order valence-electron chi connectivity index (χ2n) is 6.52. The monoisotopic (exact) mass is 374 g/mol. The Balaban J connectivity index is 1.97.